The normalized spacial score (nSPS) is 11.4. The fourth-order valence-electron chi connectivity index (χ4n) is 2.09. The van der Waals surface area contributed by atoms with Gasteiger partial charge in [0.1, 0.15) is 12.0 Å². The second kappa shape index (κ2) is 10.1. The molecular weight excluding hydrogens is 336 g/mol. The number of amides is 1. The summed E-state index contributed by atoms with van der Waals surface area (Å²) in [6.07, 6.45) is 3.30. The highest BCUT2D eigenvalue weighted by Gasteiger charge is 2.09. The molecule has 2 heterocycles. The van der Waals surface area contributed by atoms with Crippen LogP contribution in [0.5, 0.6) is 0 Å². The van der Waals surface area contributed by atoms with Gasteiger partial charge >= 0.3 is 6.01 Å². The average Bonchev–Trinajstić information content (AvgIpc) is 3.08. The van der Waals surface area contributed by atoms with Gasteiger partial charge in [0, 0.05) is 27.2 Å². The van der Waals surface area contributed by atoms with E-state index in [0.29, 0.717) is 31.1 Å². The highest BCUT2D eigenvalue weighted by atomic mass is 16.5. The summed E-state index contributed by atoms with van der Waals surface area (Å²) in [5, 5.41) is 5.52. The standard InChI is InChI=1S/C17H24N6O3/c1-12(24)20-10-13-6-5-7-14(21-13)15-11-26-17(22-15)23-16(18)19-8-3-4-9-25-2/h5-7,11H,3-4,8-10H2,1-2H3,(H,20,24)(H3,18,19,22,23). The number of pyridine rings is 1. The molecule has 0 unspecified atom stereocenters. The van der Waals surface area contributed by atoms with Crippen molar-refractivity contribution in [2.75, 3.05) is 25.6 Å². The van der Waals surface area contributed by atoms with E-state index in [9.17, 15) is 4.79 Å². The van der Waals surface area contributed by atoms with Crippen molar-refractivity contribution in [3.8, 4) is 11.4 Å². The minimum atomic E-state index is -0.109. The monoisotopic (exact) mass is 360 g/mol. The highest BCUT2D eigenvalue weighted by molar-refractivity contribution is 5.90. The van der Waals surface area contributed by atoms with Crippen molar-refractivity contribution < 1.29 is 13.9 Å². The van der Waals surface area contributed by atoms with E-state index in [1.54, 1.807) is 7.11 Å². The van der Waals surface area contributed by atoms with E-state index >= 15 is 0 Å². The lowest BCUT2D eigenvalue weighted by Crippen LogP contribution is -2.23. The summed E-state index contributed by atoms with van der Waals surface area (Å²) in [5.41, 5.74) is 7.74. The second-order valence-electron chi connectivity index (χ2n) is 5.55. The number of oxazole rings is 1. The maximum absolute atomic E-state index is 11.0. The Morgan fingerprint density at radius 3 is 2.92 bits per heavy atom. The van der Waals surface area contributed by atoms with E-state index < -0.39 is 0 Å². The zero-order valence-electron chi connectivity index (χ0n) is 15.0. The molecule has 26 heavy (non-hydrogen) atoms. The van der Waals surface area contributed by atoms with Crippen LogP contribution in [0.1, 0.15) is 25.5 Å². The summed E-state index contributed by atoms with van der Waals surface area (Å²) >= 11 is 0. The van der Waals surface area contributed by atoms with E-state index in [4.69, 9.17) is 14.9 Å². The highest BCUT2D eigenvalue weighted by Crippen LogP contribution is 2.19. The summed E-state index contributed by atoms with van der Waals surface area (Å²) in [4.78, 5) is 24.0. The lowest BCUT2D eigenvalue weighted by molar-refractivity contribution is -0.119. The van der Waals surface area contributed by atoms with Crippen LogP contribution in [0, 0.1) is 0 Å². The molecule has 0 saturated heterocycles. The fourth-order valence-corrected chi connectivity index (χ4v) is 2.09. The topological polar surface area (TPSA) is 128 Å². The van der Waals surface area contributed by atoms with Crippen LogP contribution in [0.15, 0.2) is 33.9 Å². The van der Waals surface area contributed by atoms with Crippen LogP contribution in [0.4, 0.5) is 6.01 Å². The molecule has 0 fully saturated rings. The maximum atomic E-state index is 11.0. The minimum absolute atomic E-state index is 0.109. The third kappa shape index (κ3) is 6.52. The number of hydrogen-bond donors (Lipinski definition) is 3. The first-order valence-corrected chi connectivity index (χ1v) is 8.30. The van der Waals surface area contributed by atoms with Crippen molar-refractivity contribution in [2.45, 2.75) is 26.3 Å². The van der Waals surface area contributed by atoms with E-state index in [-0.39, 0.29) is 17.9 Å². The number of aliphatic imine (C=N–C) groups is 1. The Labute approximate surface area is 152 Å². The van der Waals surface area contributed by atoms with Gasteiger partial charge < -0.3 is 20.2 Å². The van der Waals surface area contributed by atoms with Crippen molar-refractivity contribution in [1.29, 1.82) is 0 Å². The summed E-state index contributed by atoms with van der Waals surface area (Å²) in [6.45, 7) is 3.13. The summed E-state index contributed by atoms with van der Waals surface area (Å²) < 4.78 is 10.3. The van der Waals surface area contributed by atoms with Crippen molar-refractivity contribution >= 4 is 17.9 Å². The molecule has 9 heteroatoms. The van der Waals surface area contributed by atoms with Crippen molar-refractivity contribution in [3.63, 3.8) is 0 Å². The van der Waals surface area contributed by atoms with Gasteiger partial charge in [-0.1, -0.05) is 6.07 Å². The van der Waals surface area contributed by atoms with Gasteiger partial charge in [-0.25, -0.2) is 4.98 Å². The predicted octanol–water partition coefficient (Wildman–Crippen LogP) is 1.53. The number of aromatic nitrogens is 2. The van der Waals surface area contributed by atoms with Gasteiger partial charge in [-0.05, 0) is 25.0 Å². The summed E-state index contributed by atoms with van der Waals surface area (Å²) in [5.74, 6) is 0.130. The van der Waals surface area contributed by atoms with Gasteiger partial charge in [-0.3, -0.25) is 15.1 Å². The molecule has 0 spiro atoms. The Kier molecular flexibility index (Phi) is 7.56. The average molecular weight is 360 g/mol. The summed E-state index contributed by atoms with van der Waals surface area (Å²) in [7, 11) is 1.67. The molecule has 4 N–H and O–H groups in total. The second-order valence-corrected chi connectivity index (χ2v) is 5.55. The first kappa shape index (κ1) is 19.4. The molecule has 9 nitrogen and oxygen atoms in total. The molecule has 0 saturated carbocycles. The molecule has 2 aromatic heterocycles. The number of anilines is 1. The van der Waals surface area contributed by atoms with E-state index in [2.05, 4.69) is 25.6 Å². The molecule has 0 aliphatic carbocycles. The van der Waals surface area contributed by atoms with Crippen molar-refractivity contribution in [1.82, 2.24) is 15.3 Å². The van der Waals surface area contributed by atoms with E-state index in [0.717, 1.165) is 18.5 Å². The summed E-state index contributed by atoms with van der Waals surface area (Å²) in [6, 6.07) is 5.73. The zero-order valence-corrected chi connectivity index (χ0v) is 15.0. The van der Waals surface area contributed by atoms with Crippen molar-refractivity contribution in [3.05, 3.63) is 30.2 Å². The Hall–Kier alpha value is -2.94. The van der Waals surface area contributed by atoms with Crippen LogP contribution in [0.25, 0.3) is 11.4 Å². The smallest absolute Gasteiger partial charge is 0.302 e. The third-order valence-electron chi connectivity index (χ3n) is 3.37. The number of ether oxygens (including phenoxy) is 1. The molecule has 0 aliphatic rings. The van der Waals surface area contributed by atoms with Crippen LogP contribution in [-0.2, 0) is 16.1 Å². The molecule has 0 bridgehead atoms. The quantitative estimate of drug-likeness (QED) is 0.351. The van der Waals surface area contributed by atoms with Gasteiger partial charge in [-0.15, -0.1) is 0 Å². The Morgan fingerprint density at radius 1 is 1.31 bits per heavy atom. The van der Waals surface area contributed by atoms with Gasteiger partial charge in [0.25, 0.3) is 0 Å². The number of rotatable bonds is 9. The molecular formula is C17H24N6O3. The minimum Gasteiger partial charge on any atom is -0.431 e. The first-order chi connectivity index (χ1) is 12.6. The predicted molar refractivity (Wildman–Crippen MR) is 98.5 cm³/mol. The van der Waals surface area contributed by atoms with Crippen LogP contribution < -0.4 is 16.4 Å². The largest absolute Gasteiger partial charge is 0.431 e. The van der Waals surface area contributed by atoms with Gasteiger partial charge in [0.15, 0.2) is 5.96 Å². The molecule has 2 rings (SSSR count). The zero-order chi connectivity index (χ0) is 18.8. The molecule has 1 amide bonds. The number of carbonyl (C=O) groups excluding carboxylic acids is 1. The Morgan fingerprint density at radius 2 is 2.15 bits per heavy atom. The molecule has 0 aliphatic heterocycles. The Balaban J connectivity index is 1.93. The van der Waals surface area contributed by atoms with E-state index in [1.165, 1.54) is 13.2 Å². The number of nitrogens with zero attached hydrogens (tertiary/aromatic N) is 3. The first-order valence-electron chi connectivity index (χ1n) is 8.30. The molecule has 0 atom stereocenters. The number of carbonyl (C=O) groups is 1. The SMILES string of the molecule is COCCCCN=C(N)Nc1nc(-c2cccc(CNC(C)=O)n2)co1. The van der Waals surface area contributed by atoms with Gasteiger partial charge in [-0.2, -0.15) is 4.98 Å². The number of hydrogen-bond acceptors (Lipinski definition) is 6. The molecule has 0 aromatic carbocycles. The number of guanidine groups is 1. The number of unbranched alkanes of at least 4 members (excludes halogenated alkanes) is 1. The van der Waals surface area contributed by atoms with Gasteiger partial charge in [0.2, 0.25) is 5.91 Å². The molecule has 0 radical (unpaired) electrons. The van der Waals surface area contributed by atoms with Gasteiger partial charge in [0.05, 0.1) is 17.9 Å². The van der Waals surface area contributed by atoms with Crippen LogP contribution >= 0.6 is 0 Å². The van der Waals surface area contributed by atoms with E-state index in [1.807, 2.05) is 18.2 Å². The molecule has 140 valence electrons. The lowest BCUT2D eigenvalue weighted by atomic mass is 10.2. The van der Waals surface area contributed by atoms with Crippen LogP contribution in [0.3, 0.4) is 0 Å². The number of methoxy groups -OCH3 is 1. The maximum Gasteiger partial charge on any atom is 0.302 e. The third-order valence-corrected chi connectivity index (χ3v) is 3.37. The van der Waals surface area contributed by atoms with Crippen LogP contribution in [-0.4, -0.2) is 42.1 Å². The van der Waals surface area contributed by atoms with Crippen molar-refractivity contribution in [2.24, 2.45) is 10.7 Å². The van der Waals surface area contributed by atoms with Crippen LogP contribution in [0.2, 0.25) is 0 Å². The lowest BCUT2D eigenvalue weighted by Gasteiger charge is -2.03. The fraction of sp³-hybridized carbons (Fsp3) is 0.412. The number of nitrogens with one attached hydrogen (secondary N) is 2. The molecule has 2 aromatic rings. The number of nitrogens with two attached hydrogens (primary N) is 1. The Bertz CT molecular complexity index is 744.